The molecule has 0 aromatic carbocycles. The van der Waals surface area contributed by atoms with E-state index in [0.717, 1.165) is 12.8 Å². The number of aromatic nitrogens is 2. The lowest BCUT2D eigenvalue weighted by Gasteiger charge is -2.07. The number of rotatable bonds is 20. The summed E-state index contributed by atoms with van der Waals surface area (Å²) in [6, 6.07) is 0. The molecule has 0 saturated heterocycles. The second-order valence-corrected chi connectivity index (χ2v) is 9.09. The first-order valence-electron chi connectivity index (χ1n) is 12.9. The Balaban J connectivity index is 1.91. The number of carbonyl (C=O) groups is 1. The lowest BCUT2D eigenvalue weighted by Crippen LogP contribution is -2.29. The molecule has 7 heteroatoms. The first kappa shape index (κ1) is 28.1. The number of amides is 1. The number of nitrogens with one attached hydrogen (secondary N) is 1. The molecule has 0 radical (unpaired) electrons. The molecule has 0 aliphatic rings. The van der Waals surface area contributed by atoms with E-state index in [-0.39, 0.29) is 18.1 Å². The lowest BCUT2D eigenvalue weighted by atomic mass is 10.0. The molecule has 0 aliphatic heterocycles. The van der Waals surface area contributed by atoms with Crippen molar-refractivity contribution in [2.45, 2.75) is 130 Å². The van der Waals surface area contributed by atoms with Crippen LogP contribution in [0.5, 0.6) is 0 Å². The minimum atomic E-state index is -0.442. The molecule has 0 spiro atoms. The largest absolute Gasteiger partial charge is 0.354 e. The van der Waals surface area contributed by atoms with Gasteiger partial charge in [-0.05, 0) is 20.3 Å². The monoisotopic (exact) mass is 450 g/mol. The van der Waals surface area contributed by atoms with E-state index in [1.165, 1.54) is 94.6 Å². The molecule has 0 bridgehead atoms. The molecule has 1 amide bonds. The van der Waals surface area contributed by atoms with Crippen LogP contribution in [0.1, 0.15) is 121 Å². The van der Waals surface area contributed by atoms with Crippen LogP contribution in [0.15, 0.2) is 0 Å². The summed E-state index contributed by atoms with van der Waals surface area (Å²) < 4.78 is 1.41. The lowest BCUT2D eigenvalue weighted by molar-refractivity contribution is -0.386. The highest BCUT2D eigenvalue weighted by atomic mass is 16.6. The molecule has 1 aromatic rings. The average Bonchev–Trinajstić information content (AvgIpc) is 3.03. The standard InChI is InChI=1S/C25H46N4O3/c1-4-5-6-7-8-9-10-11-12-13-14-15-16-17-18-19-20-26-24(30)21-28-23(3)25(29(31)32)22(2)27-28/h4-21H2,1-3H3,(H,26,30). The van der Waals surface area contributed by atoms with Crippen molar-refractivity contribution in [3.05, 3.63) is 21.5 Å². The van der Waals surface area contributed by atoms with Crippen molar-refractivity contribution in [1.82, 2.24) is 15.1 Å². The molecule has 1 heterocycles. The fourth-order valence-electron chi connectivity index (χ4n) is 4.20. The molecule has 1 N–H and O–H groups in total. The highest BCUT2D eigenvalue weighted by Crippen LogP contribution is 2.21. The SMILES string of the molecule is CCCCCCCCCCCCCCCCCCNC(=O)Cn1nc(C)c([N+](=O)[O-])c1C. The van der Waals surface area contributed by atoms with E-state index in [0.29, 0.717) is 17.9 Å². The fourth-order valence-corrected chi connectivity index (χ4v) is 4.20. The normalized spacial score (nSPS) is 11.1. The Bertz CT molecular complexity index is 658. The van der Waals surface area contributed by atoms with E-state index in [1.807, 2.05) is 0 Å². The summed E-state index contributed by atoms with van der Waals surface area (Å²) in [5.74, 6) is -0.147. The zero-order valence-electron chi connectivity index (χ0n) is 20.8. The van der Waals surface area contributed by atoms with Gasteiger partial charge < -0.3 is 5.32 Å². The van der Waals surface area contributed by atoms with E-state index in [2.05, 4.69) is 17.3 Å². The van der Waals surface area contributed by atoms with Crippen molar-refractivity contribution in [3.63, 3.8) is 0 Å². The van der Waals surface area contributed by atoms with Crippen molar-refractivity contribution in [2.75, 3.05) is 6.54 Å². The summed E-state index contributed by atoms with van der Waals surface area (Å²) in [5.41, 5.74) is 0.763. The molecule has 32 heavy (non-hydrogen) atoms. The Kier molecular flexibility index (Phi) is 15.5. The number of unbranched alkanes of at least 4 members (excludes halogenated alkanes) is 15. The maximum absolute atomic E-state index is 12.1. The maximum Gasteiger partial charge on any atom is 0.312 e. The van der Waals surface area contributed by atoms with Crippen LogP contribution in [0.2, 0.25) is 0 Å². The van der Waals surface area contributed by atoms with E-state index in [9.17, 15) is 14.9 Å². The number of carbonyl (C=O) groups excluding carboxylic acids is 1. The number of hydrogen-bond donors (Lipinski definition) is 1. The number of hydrogen-bond acceptors (Lipinski definition) is 4. The van der Waals surface area contributed by atoms with E-state index >= 15 is 0 Å². The topological polar surface area (TPSA) is 90.1 Å². The molecule has 7 nitrogen and oxygen atoms in total. The first-order valence-corrected chi connectivity index (χ1v) is 12.9. The molecule has 0 unspecified atom stereocenters. The highest BCUT2D eigenvalue weighted by molar-refractivity contribution is 5.75. The second kappa shape index (κ2) is 17.6. The van der Waals surface area contributed by atoms with Gasteiger partial charge in [0.2, 0.25) is 5.91 Å². The minimum absolute atomic E-state index is 0.00407. The Hall–Kier alpha value is -1.92. The van der Waals surface area contributed by atoms with Crippen LogP contribution >= 0.6 is 0 Å². The van der Waals surface area contributed by atoms with Gasteiger partial charge in [-0.3, -0.25) is 19.6 Å². The predicted molar refractivity (Wildman–Crippen MR) is 131 cm³/mol. The zero-order chi connectivity index (χ0) is 23.6. The van der Waals surface area contributed by atoms with Gasteiger partial charge in [0.25, 0.3) is 0 Å². The molecule has 1 aromatic heterocycles. The van der Waals surface area contributed by atoms with Gasteiger partial charge in [0.15, 0.2) is 0 Å². The van der Waals surface area contributed by atoms with Crippen molar-refractivity contribution in [3.8, 4) is 0 Å². The average molecular weight is 451 g/mol. The third-order valence-electron chi connectivity index (χ3n) is 6.17. The van der Waals surface area contributed by atoms with Gasteiger partial charge in [0.05, 0.1) is 4.92 Å². The molecule has 0 saturated carbocycles. The Morgan fingerprint density at radius 2 is 1.28 bits per heavy atom. The summed E-state index contributed by atoms with van der Waals surface area (Å²) in [4.78, 5) is 22.7. The van der Waals surface area contributed by atoms with Gasteiger partial charge in [-0.2, -0.15) is 5.10 Å². The second-order valence-electron chi connectivity index (χ2n) is 9.09. The summed E-state index contributed by atoms with van der Waals surface area (Å²) >= 11 is 0. The maximum atomic E-state index is 12.1. The molecular weight excluding hydrogens is 404 g/mol. The summed E-state index contributed by atoms with van der Waals surface area (Å²) in [5, 5.41) is 18.0. The third kappa shape index (κ3) is 12.2. The van der Waals surface area contributed by atoms with Crippen LogP contribution in [-0.4, -0.2) is 27.2 Å². The van der Waals surface area contributed by atoms with Crippen LogP contribution in [0.3, 0.4) is 0 Å². The van der Waals surface area contributed by atoms with Crippen LogP contribution in [-0.2, 0) is 11.3 Å². The summed E-state index contributed by atoms with van der Waals surface area (Å²) in [7, 11) is 0. The molecular formula is C25H46N4O3. The van der Waals surface area contributed by atoms with Gasteiger partial charge in [0.1, 0.15) is 17.9 Å². The minimum Gasteiger partial charge on any atom is -0.354 e. The first-order chi connectivity index (χ1) is 15.5. The molecule has 0 aliphatic carbocycles. The van der Waals surface area contributed by atoms with E-state index in [4.69, 9.17) is 0 Å². The molecule has 184 valence electrons. The smallest absolute Gasteiger partial charge is 0.312 e. The quantitative estimate of drug-likeness (QED) is 0.135. The predicted octanol–water partition coefficient (Wildman–Crippen LogP) is 6.79. The van der Waals surface area contributed by atoms with Crippen molar-refractivity contribution in [1.29, 1.82) is 0 Å². The van der Waals surface area contributed by atoms with Gasteiger partial charge >= 0.3 is 5.69 Å². The van der Waals surface area contributed by atoms with Gasteiger partial charge in [-0.25, -0.2) is 0 Å². The molecule has 0 fully saturated rings. The fraction of sp³-hybridized carbons (Fsp3) is 0.840. The number of nitro groups is 1. The zero-order valence-corrected chi connectivity index (χ0v) is 20.8. The van der Waals surface area contributed by atoms with Crippen LogP contribution in [0.25, 0.3) is 0 Å². The summed E-state index contributed by atoms with van der Waals surface area (Å²) in [6.45, 7) is 6.17. The van der Waals surface area contributed by atoms with Gasteiger partial charge in [0, 0.05) is 6.54 Å². The van der Waals surface area contributed by atoms with Crippen LogP contribution in [0.4, 0.5) is 5.69 Å². The van der Waals surface area contributed by atoms with Crippen LogP contribution < -0.4 is 5.32 Å². The van der Waals surface area contributed by atoms with Crippen molar-refractivity contribution < 1.29 is 9.72 Å². The van der Waals surface area contributed by atoms with Crippen molar-refractivity contribution in [2.24, 2.45) is 0 Å². The van der Waals surface area contributed by atoms with Gasteiger partial charge in [-0.15, -0.1) is 0 Å². The van der Waals surface area contributed by atoms with E-state index < -0.39 is 4.92 Å². The Labute approximate surface area is 194 Å². The third-order valence-corrected chi connectivity index (χ3v) is 6.17. The highest BCUT2D eigenvalue weighted by Gasteiger charge is 2.22. The Morgan fingerprint density at radius 3 is 1.69 bits per heavy atom. The summed E-state index contributed by atoms with van der Waals surface area (Å²) in [6.07, 6.45) is 21.3. The number of aryl methyl sites for hydroxylation is 1. The van der Waals surface area contributed by atoms with Gasteiger partial charge in [-0.1, -0.05) is 103 Å². The Morgan fingerprint density at radius 1 is 0.844 bits per heavy atom. The van der Waals surface area contributed by atoms with Crippen LogP contribution in [0, 0.1) is 24.0 Å². The van der Waals surface area contributed by atoms with E-state index in [1.54, 1.807) is 13.8 Å². The molecule has 1 rings (SSSR count). The van der Waals surface area contributed by atoms with Crippen molar-refractivity contribution >= 4 is 11.6 Å². The number of nitrogens with zero attached hydrogens (tertiary/aromatic N) is 3. The molecule has 0 atom stereocenters.